The lowest BCUT2D eigenvalue weighted by molar-refractivity contribution is 0.790. The van der Waals surface area contributed by atoms with E-state index in [1.54, 1.807) is 0 Å². The molecule has 1 fully saturated rings. The van der Waals surface area contributed by atoms with Crippen molar-refractivity contribution in [1.82, 2.24) is 14.9 Å². The highest BCUT2D eigenvalue weighted by molar-refractivity contribution is 9.10. The average molecular weight is 421 g/mol. The number of anilines is 1. The molecule has 4 aromatic rings. The summed E-state index contributed by atoms with van der Waals surface area (Å²) in [5.74, 6) is 0.991. The standard InChI is InChI=1S/C22H21BrN4/c23-16-5-3-4-15(12-16)14-27-11-9-19-21(27)18-6-1-2-7-20(18)26-22(19)25-17-8-10-24-13-17/h1-7,9,11-12,17,24H,8,10,13-14H2,(H,25,26)/t17-/m0/s1. The van der Waals surface area contributed by atoms with Gasteiger partial charge in [-0.15, -0.1) is 0 Å². The van der Waals surface area contributed by atoms with Gasteiger partial charge < -0.3 is 15.2 Å². The number of hydrogen-bond acceptors (Lipinski definition) is 3. The summed E-state index contributed by atoms with van der Waals surface area (Å²) in [6.45, 7) is 2.90. The molecule has 4 nitrogen and oxygen atoms in total. The summed E-state index contributed by atoms with van der Waals surface area (Å²) < 4.78 is 3.44. The van der Waals surface area contributed by atoms with Crippen molar-refractivity contribution in [2.75, 3.05) is 18.4 Å². The van der Waals surface area contributed by atoms with Gasteiger partial charge in [0, 0.05) is 40.6 Å². The Labute approximate surface area is 166 Å². The molecular weight excluding hydrogens is 400 g/mol. The number of fused-ring (bicyclic) bond motifs is 3. The average Bonchev–Trinajstić information content (AvgIpc) is 3.32. The Balaban J connectivity index is 1.65. The summed E-state index contributed by atoms with van der Waals surface area (Å²) in [6.07, 6.45) is 3.31. The van der Waals surface area contributed by atoms with E-state index in [1.165, 1.54) is 21.9 Å². The van der Waals surface area contributed by atoms with Gasteiger partial charge in [-0.3, -0.25) is 0 Å². The molecule has 2 aromatic carbocycles. The molecule has 5 heteroatoms. The van der Waals surface area contributed by atoms with Crippen LogP contribution in [0.25, 0.3) is 21.8 Å². The summed E-state index contributed by atoms with van der Waals surface area (Å²) >= 11 is 3.58. The second kappa shape index (κ2) is 6.98. The van der Waals surface area contributed by atoms with E-state index in [4.69, 9.17) is 4.98 Å². The molecule has 5 rings (SSSR count). The van der Waals surface area contributed by atoms with E-state index in [0.29, 0.717) is 6.04 Å². The van der Waals surface area contributed by atoms with Gasteiger partial charge in [-0.1, -0.05) is 46.3 Å². The molecule has 3 heterocycles. The minimum absolute atomic E-state index is 0.440. The Hall–Kier alpha value is -2.37. The van der Waals surface area contributed by atoms with Gasteiger partial charge in [0.2, 0.25) is 0 Å². The van der Waals surface area contributed by atoms with Crippen LogP contribution in [-0.2, 0) is 6.54 Å². The van der Waals surface area contributed by atoms with Gasteiger partial charge in [-0.25, -0.2) is 4.98 Å². The van der Waals surface area contributed by atoms with E-state index >= 15 is 0 Å². The number of nitrogens with one attached hydrogen (secondary N) is 2. The molecule has 1 aliphatic heterocycles. The fraction of sp³-hybridized carbons (Fsp3) is 0.227. The maximum Gasteiger partial charge on any atom is 0.136 e. The van der Waals surface area contributed by atoms with Crippen molar-refractivity contribution in [3.63, 3.8) is 0 Å². The minimum atomic E-state index is 0.440. The van der Waals surface area contributed by atoms with Crippen molar-refractivity contribution >= 4 is 43.6 Å². The summed E-state index contributed by atoms with van der Waals surface area (Å²) in [5.41, 5.74) is 3.55. The summed E-state index contributed by atoms with van der Waals surface area (Å²) in [6, 6.07) is 19.6. The maximum atomic E-state index is 4.94. The van der Waals surface area contributed by atoms with E-state index < -0.39 is 0 Å². The second-order valence-electron chi connectivity index (χ2n) is 7.15. The molecule has 0 amide bonds. The summed E-state index contributed by atoms with van der Waals surface area (Å²) in [7, 11) is 0. The first kappa shape index (κ1) is 16.8. The van der Waals surface area contributed by atoms with Crippen molar-refractivity contribution in [2.24, 2.45) is 0 Å². The predicted octanol–water partition coefficient (Wildman–Crippen LogP) is 4.77. The van der Waals surface area contributed by atoms with Crippen LogP contribution in [0.4, 0.5) is 5.82 Å². The van der Waals surface area contributed by atoms with Crippen LogP contribution in [0.5, 0.6) is 0 Å². The molecule has 0 spiro atoms. The summed E-state index contributed by atoms with van der Waals surface area (Å²) in [5, 5.41) is 9.48. The zero-order chi connectivity index (χ0) is 18.2. The topological polar surface area (TPSA) is 41.9 Å². The fourth-order valence-electron chi connectivity index (χ4n) is 3.96. The van der Waals surface area contributed by atoms with Crippen LogP contribution in [0, 0.1) is 0 Å². The van der Waals surface area contributed by atoms with E-state index in [9.17, 15) is 0 Å². The zero-order valence-corrected chi connectivity index (χ0v) is 16.5. The molecule has 0 aliphatic carbocycles. The number of rotatable bonds is 4. The van der Waals surface area contributed by atoms with Crippen molar-refractivity contribution < 1.29 is 0 Å². The normalized spacial score (nSPS) is 17.0. The van der Waals surface area contributed by atoms with Crippen LogP contribution in [0.15, 0.2) is 65.3 Å². The molecule has 1 saturated heterocycles. The molecular formula is C22H21BrN4. The van der Waals surface area contributed by atoms with Gasteiger partial charge in [0.1, 0.15) is 5.82 Å². The Kier molecular flexibility index (Phi) is 4.34. The van der Waals surface area contributed by atoms with Crippen molar-refractivity contribution in [2.45, 2.75) is 19.0 Å². The monoisotopic (exact) mass is 420 g/mol. The highest BCUT2D eigenvalue weighted by Gasteiger charge is 2.18. The quantitative estimate of drug-likeness (QED) is 0.499. The largest absolute Gasteiger partial charge is 0.365 e. The number of para-hydroxylation sites is 1. The molecule has 136 valence electrons. The number of aromatic nitrogens is 2. The molecule has 2 N–H and O–H groups in total. The van der Waals surface area contributed by atoms with Crippen LogP contribution in [-0.4, -0.2) is 28.7 Å². The van der Waals surface area contributed by atoms with Gasteiger partial charge in [-0.2, -0.15) is 0 Å². The third-order valence-electron chi connectivity index (χ3n) is 5.25. The lowest BCUT2D eigenvalue weighted by Crippen LogP contribution is -2.22. The molecule has 1 aliphatic rings. The van der Waals surface area contributed by atoms with E-state index in [2.05, 4.69) is 91.9 Å². The van der Waals surface area contributed by atoms with Gasteiger partial charge in [0.15, 0.2) is 0 Å². The lowest BCUT2D eigenvalue weighted by atomic mass is 10.1. The number of benzene rings is 2. The first-order valence-electron chi connectivity index (χ1n) is 9.37. The lowest BCUT2D eigenvalue weighted by Gasteiger charge is -2.15. The zero-order valence-electron chi connectivity index (χ0n) is 15.0. The first-order chi connectivity index (χ1) is 13.3. The Bertz CT molecular complexity index is 1110. The van der Waals surface area contributed by atoms with Crippen LogP contribution >= 0.6 is 15.9 Å². The Morgan fingerprint density at radius 1 is 1.11 bits per heavy atom. The SMILES string of the molecule is Brc1cccc(Cn2ccc3c(N[C@H]4CCNC4)nc4ccccc4c32)c1. The van der Waals surface area contributed by atoms with Gasteiger partial charge in [0.25, 0.3) is 0 Å². The van der Waals surface area contributed by atoms with E-state index in [0.717, 1.165) is 41.9 Å². The third kappa shape index (κ3) is 3.22. The molecule has 0 saturated carbocycles. The number of pyridine rings is 1. The van der Waals surface area contributed by atoms with Gasteiger partial charge in [0.05, 0.1) is 11.0 Å². The first-order valence-corrected chi connectivity index (χ1v) is 10.2. The molecule has 0 radical (unpaired) electrons. The maximum absolute atomic E-state index is 4.94. The van der Waals surface area contributed by atoms with Crippen LogP contribution in [0.1, 0.15) is 12.0 Å². The van der Waals surface area contributed by atoms with Gasteiger partial charge >= 0.3 is 0 Å². The minimum Gasteiger partial charge on any atom is -0.365 e. The van der Waals surface area contributed by atoms with Gasteiger partial charge in [-0.05, 0) is 42.8 Å². The fourth-order valence-corrected chi connectivity index (χ4v) is 4.41. The van der Waals surface area contributed by atoms with E-state index in [1.807, 2.05) is 0 Å². The smallest absolute Gasteiger partial charge is 0.136 e. The Morgan fingerprint density at radius 3 is 2.89 bits per heavy atom. The molecule has 0 bridgehead atoms. The number of nitrogens with zero attached hydrogens (tertiary/aromatic N) is 2. The van der Waals surface area contributed by atoms with Crippen molar-refractivity contribution in [1.29, 1.82) is 0 Å². The second-order valence-corrected chi connectivity index (χ2v) is 8.06. The molecule has 1 atom stereocenters. The number of hydrogen-bond donors (Lipinski definition) is 2. The van der Waals surface area contributed by atoms with Crippen LogP contribution < -0.4 is 10.6 Å². The van der Waals surface area contributed by atoms with Crippen LogP contribution in [0.2, 0.25) is 0 Å². The predicted molar refractivity (Wildman–Crippen MR) is 115 cm³/mol. The van der Waals surface area contributed by atoms with E-state index in [-0.39, 0.29) is 0 Å². The van der Waals surface area contributed by atoms with Crippen molar-refractivity contribution in [3.8, 4) is 0 Å². The molecule has 0 unspecified atom stereocenters. The highest BCUT2D eigenvalue weighted by Crippen LogP contribution is 2.31. The number of halogens is 1. The Morgan fingerprint density at radius 2 is 2.04 bits per heavy atom. The van der Waals surface area contributed by atoms with Crippen molar-refractivity contribution in [3.05, 3.63) is 70.8 Å². The highest BCUT2D eigenvalue weighted by atomic mass is 79.9. The molecule has 27 heavy (non-hydrogen) atoms. The van der Waals surface area contributed by atoms with Crippen LogP contribution in [0.3, 0.4) is 0 Å². The molecule has 2 aromatic heterocycles. The third-order valence-corrected chi connectivity index (χ3v) is 5.75. The summed E-state index contributed by atoms with van der Waals surface area (Å²) in [4.78, 5) is 4.94.